The summed E-state index contributed by atoms with van der Waals surface area (Å²) in [6, 6.07) is 18.6. The van der Waals surface area contributed by atoms with Crippen LogP contribution in [0.1, 0.15) is 27.7 Å². The molecule has 2 aromatic carbocycles. The molecule has 2 aliphatic rings. The zero-order valence-electron chi connectivity index (χ0n) is 15.7. The first-order valence-corrected chi connectivity index (χ1v) is 9.35. The lowest BCUT2D eigenvalue weighted by molar-refractivity contribution is 0.0554. The van der Waals surface area contributed by atoms with E-state index in [0.29, 0.717) is 0 Å². The Morgan fingerprint density at radius 3 is 2.52 bits per heavy atom. The number of likely N-dealkylation sites (N-methyl/N-ethyl adjacent to an activating group) is 1. The summed E-state index contributed by atoms with van der Waals surface area (Å²) < 4.78 is 7.67. The number of rotatable bonds is 1. The number of nitrogens with zero attached hydrogens (tertiary/aromatic N) is 3. The summed E-state index contributed by atoms with van der Waals surface area (Å²) in [5.41, 5.74) is 1.31. The number of pyridine rings is 1. The van der Waals surface area contributed by atoms with Gasteiger partial charge < -0.3 is 14.7 Å². The normalized spacial score (nSPS) is 20.2. The highest BCUT2D eigenvalue weighted by molar-refractivity contribution is 5.96. The van der Waals surface area contributed by atoms with Crippen LogP contribution >= 0.6 is 0 Å². The molecule has 2 unspecified atom stereocenters. The fourth-order valence-corrected chi connectivity index (χ4v) is 4.13. The van der Waals surface area contributed by atoms with Crippen LogP contribution in [0.4, 0.5) is 0 Å². The Bertz CT molecular complexity index is 1160. The predicted molar refractivity (Wildman–Crippen MR) is 107 cm³/mol. The molecule has 1 amide bonds. The maximum Gasteiger partial charge on any atom is 0.277 e. The molecule has 7 heteroatoms. The Morgan fingerprint density at radius 2 is 1.72 bits per heavy atom. The van der Waals surface area contributed by atoms with Gasteiger partial charge in [-0.2, -0.15) is 0 Å². The second-order valence-electron chi connectivity index (χ2n) is 7.16. The van der Waals surface area contributed by atoms with Crippen LogP contribution in [0, 0.1) is 0 Å². The zero-order valence-corrected chi connectivity index (χ0v) is 15.7. The van der Waals surface area contributed by atoms with Crippen LogP contribution in [0.3, 0.4) is 0 Å². The van der Waals surface area contributed by atoms with Crippen LogP contribution in [-0.4, -0.2) is 40.4 Å². The third-order valence-corrected chi connectivity index (χ3v) is 5.56. The molecule has 1 N–H and O–H groups in total. The van der Waals surface area contributed by atoms with Crippen molar-refractivity contribution in [2.45, 2.75) is 12.2 Å². The van der Waals surface area contributed by atoms with E-state index in [4.69, 9.17) is 4.74 Å². The molecule has 0 radical (unpaired) electrons. The number of carbonyl (C=O) groups is 1. The number of hydrogen-bond acceptors (Lipinski definition) is 5. The van der Waals surface area contributed by atoms with Gasteiger partial charge in [0.15, 0.2) is 17.6 Å². The molecule has 3 heterocycles. The van der Waals surface area contributed by atoms with E-state index >= 15 is 0 Å². The molecule has 7 nitrogen and oxygen atoms in total. The van der Waals surface area contributed by atoms with Gasteiger partial charge in [-0.1, -0.05) is 48.5 Å². The van der Waals surface area contributed by atoms with Crippen LogP contribution in [-0.2, 0) is 0 Å². The average molecular weight is 389 g/mol. The molecule has 146 valence electrons. The third-order valence-electron chi connectivity index (χ3n) is 5.56. The Kier molecular flexibility index (Phi) is 3.84. The van der Waals surface area contributed by atoms with Crippen molar-refractivity contribution in [1.82, 2.24) is 9.58 Å². The topological polar surface area (TPSA) is 75.0 Å². The van der Waals surface area contributed by atoms with Crippen molar-refractivity contribution in [3.05, 3.63) is 93.9 Å². The van der Waals surface area contributed by atoms with E-state index < -0.39 is 23.3 Å². The van der Waals surface area contributed by atoms with E-state index in [1.54, 1.807) is 17.9 Å². The molecular formula is C22H19N3O4. The minimum atomic E-state index is -0.584. The van der Waals surface area contributed by atoms with E-state index in [1.165, 1.54) is 11.0 Å². The molecule has 0 aliphatic carbocycles. The van der Waals surface area contributed by atoms with Crippen molar-refractivity contribution in [2.24, 2.45) is 0 Å². The number of hydrogen-bond donors (Lipinski definition) is 1. The maximum atomic E-state index is 13.0. The lowest BCUT2D eigenvalue weighted by Crippen LogP contribution is -2.62. The zero-order chi connectivity index (χ0) is 20.1. The fourth-order valence-electron chi connectivity index (χ4n) is 4.13. The van der Waals surface area contributed by atoms with Gasteiger partial charge in [-0.25, -0.2) is 0 Å². The molecule has 0 fully saturated rings. The number of para-hydroxylation sites is 1. The van der Waals surface area contributed by atoms with Gasteiger partial charge in [0.2, 0.25) is 5.43 Å². The highest BCUT2D eigenvalue weighted by Crippen LogP contribution is 2.40. The van der Waals surface area contributed by atoms with Gasteiger partial charge in [-0.3, -0.25) is 19.3 Å². The van der Waals surface area contributed by atoms with Gasteiger partial charge in [-0.05, 0) is 11.6 Å². The molecule has 0 bridgehead atoms. The Labute approximate surface area is 167 Å². The number of carbonyl (C=O) groups excluding carboxylic acids is 1. The number of ether oxygens (including phenoxy) is 1. The summed E-state index contributed by atoms with van der Waals surface area (Å²) in [5, 5.41) is 12.4. The molecule has 29 heavy (non-hydrogen) atoms. The van der Waals surface area contributed by atoms with Crippen molar-refractivity contribution < 1.29 is 14.6 Å². The first-order chi connectivity index (χ1) is 14.1. The number of aromatic nitrogens is 1. The van der Waals surface area contributed by atoms with Crippen LogP contribution in [0.2, 0.25) is 0 Å². The largest absolute Gasteiger partial charge is 0.502 e. The SMILES string of the molecule is CN1C(=O)c2c(O)c(=O)ccn2N2C(c3ccccc3)c3ccccc3OCC12. The molecule has 2 atom stereocenters. The van der Waals surface area contributed by atoms with Crippen LogP contribution in [0.5, 0.6) is 11.5 Å². The van der Waals surface area contributed by atoms with Gasteiger partial charge in [0.25, 0.3) is 5.91 Å². The van der Waals surface area contributed by atoms with E-state index in [2.05, 4.69) is 0 Å². The molecule has 0 spiro atoms. The lowest BCUT2D eigenvalue weighted by Gasteiger charge is -2.47. The smallest absolute Gasteiger partial charge is 0.277 e. The van der Waals surface area contributed by atoms with Gasteiger partial charge in [0.05, 0.1) is 0 Å². The quantitative estimate of drug-likeness (QED) is 0.690. The predicted octanol–water partition coefficient (Wildman–Crippen LogP) is 2.09. The van der Waals surface area contributed by atoms with E-state index in [-0.39, 0.29) is 18.3 Å². The lowest BCUT2D eigenvalue weighted by atomic mass is 9.97. The van der Waals surface area contributed by atoms with E-state index in [9.17, 15) is 14.7 Å². The number of aromatic hydroxyl groups is 1. The second-order valence-corrected chi connectivity index (χ2v) is 7.16. The molecule has 0 saturated carbocycles. The summed E-state index contributed by atoms with van der Waals surface area (Å²) in [4.78, 5) is 26.6. The van der Waals surface area contributed by atoms with Crippen molar-refractivity contribution >= 4 is 5.91 Å². The Hall–Kier alpha value is -3.74. The Balaban J connectivity index is 1.82. The molecule has 5 rings (SSSR count). The van der Waals surface area contributed by atoms with Gasteiger partial charge in [-0.15, -0.1) is 0 Å². The molecule has 0 saturated heterocycles. The Morgan fingerprint density at radius 1 is 1.00 bits per heavy atom. The van der Waals surface area contributed by atoms with Crippen LogP contribution in [0.25, 0.3) is 0 Å². The van der Waals surface area contributed by atoms with Crippen molar-refractivity contribution in [3.63, 3.8) is 0 Å². The van der Waals surface area contributed by atoms with Gasteiger partial charge >= 0.3 is 0 Å². The monoisotopic (exact) mass is 389 g/mol. The summed E-state index contributed by atoms with van der Waals surface area (Å²) in [5.74, 6) is -0.237. The highest BCUT2D eigenvalue weighted by atomic mass is 16.5. The number of amides is 1. The summed E-state index contributed by atoms with van der Waals surface area (Å²) >= 11 is 0. The summed E-state index contributed by atoms with van der Waals surface area (Å²) in [6.45, 7) is 0.245. The molecule has 3 aromatic rings. The first-order valence-electron chi connectivity index (χ1n) is 9.35. The van der Waals surface area contributed by atoms with Gasteiger partial charge in [0.1, 0.15) is 18.4 Å². The minimum absolute atomic E-state index is 0.0448. The second kappa shape index (κ2) is 6.41. The summed E-state index contributed by atoms with van der Waals surface area (Å²) in [7, 11) is 1.65. The maximum absolute atomic E-state index is 13.0. The van der Waals surface area contributed by atoms with Crippen molar-refractivity contribution in [3.8, 4) is 11.5 Å². The fraction of sp³-hybridized carbons (Fsp3) is 0.182. The number of fused-ring (bicyclic) bond motifs is 4. The van der Waals surface area contributed by atoms with Crippen molar-refractivity contribution in [2.75, 3.05) is 18.7 Å². The van der Waals surface area contributed by atoms with E-state index in [1.807, 2.05) is 59.6 Å². The average Bonchev–Trinajstić information content (AvgIpc) is 2.92. The molecule has 2 aliphatic heterocycles. The molecular weight excluding hydrogens is 370 g/mol. The first kappa shape index (κ1) is 17.4. The minimum Gasteiger partial charge on any atom is -0.502 e. The third kappa shape index (κ3) is 2.51. The number of benzene rings is 2. The van der Waals surface area contributed by atoms with Gasteiger partial charge in [0, 0.05) is 24.9 Å². The standard InChI is InChI=1S/C22H19N3O4/c1-23-18-13-29-17-10-6-5-9-15(17)19(14-7-3-2-4-8-14)25(18)24-12-11-16(26)21(27)20(24)22(23)28/h2-12,18-19,27H,13H2,1H3. The van der Waals surface area contributed by atoms with Crippen LogP contribution < -0.4 is 15.2 Å². The molecule has 1 aromatic heterocycles. The summed E-state index contributed by atoms with van der Waals surface area (Å²) in [6.07, 6.45) is 1.11. The van der Waals surface area contributed by atoms with E-state index in [0.717, 1.165) is 16.9 Å². The van der Waals surface area contributed by atoms with Crippen LogP contribution in [0.15, 0.2) is 71.7 Å². The van der Waals surface area contributed by atoms with Crippen molar-refractivity contribution in [1.29, 1.82) is 0 Å². The highest BCUT2D eigenvalue weighted by Gasteiger charge is 2.44.